The van der Waals surface area contributed by atoms with Gasteiger partial charge in [0, 0.05) is 17.2 Å². The van der Waals surface area contributed by atoms with Gasteiger partial charge in [-0.3, -0.25) is 9.69 Å². The summed E-state index contributed by atoms with van der Waals surface area (Å²) < 4.78 is 18.8. The first-order valence-corrected chi connectivity index (χ1v) is 6.82. The predicted octanol–water partition coefficient (Wildman–Crippen LogP) is 4.02. The topological polar surface area (TPSA) is 33.5 Å². The average Bonchev–Trinajstić information content (AvgIpc) is 2.93. The number of hydrogen-bond donors (Lipinski definition) is 0. The number of anilines is 1. The second-order valence-corrected chi connectivity index (χ2v) is 5.22. The van der Waals surface area contributed by atoms with Gasteiger partial charge in [0.05, 0.1) is 5.69 Å². The molecule has 0 aliphatic carbocycles. The molecule has 2 heterocycles. The molecule has 0 bridgehead atoms. The Labute approximate surface area is 108 Å². The number of carbonyl (C=O) groups is 1. The van der Waals surface area contributed by atoms with Gasteiger partial charge >= 0.3 is 0 Å². The lowest BCUT2D eigenvalue weighted by molar-refractivity contribution is 0.265. The highest BCUT2D eigenvalue weighted by Crippen LogP contribution is 2.37. The highest BCUT2D eigenvalue weighted by Gasteiger charge is 2.33. The Kier molecular flexibility index (Phi) is 2.78. The minimum atomic E-state index is -0.397. The normalized spacial score (nSPS) is 20.0. The van der Waals surface area contributed by atoms with E-state index in [1.54, 1.807) is 17.0 Å². The molecule has 1 atom stereocenters. The van der Waals surface area contributed by atoms with E-state index in [4.69, 9.17) is 4.42 Å². The van der Waals surface area contributed by atoms with Crippen LogP contribution in [0.15, 0.2) is 28.9 Å². The monoisotopic (exact) mass is 265 g/mol. The van der Waals surface area contributed by atoms with Gasteiger partial charge in [-0.2, -0.15) is 0 Å². The first-order chi connectivity index (χ1) is 8.72. The number of furan rings is 1. The van der Waals surface area contributed by atoms with E-state index in [9.17, 15) is 9.18 Å². The molecule has 3 nitrogen and oxygen atoms in total. The number of hydrogen-bond acceptors (Lipinski definition) is 3. The summed E-state index contributed by atoms with van der Waals surface area (Å²) in [6.45, 7) is 2.04. The summed E-state index contributed by atoms with van der Waals surface area (Å²) in [5.41, 5.74) is 0.887. The molecular weight excluding hydrogens is 253 g/mol. The summed E-state index contributed by atoms with van der Waals surface area (Å²) in [5, 5.41) is 0.665. The Morgan fingerprint density at radius 2 is 2.39 bits per heavy atom. The molecule has 18 heavy (non-hydrogen) atoms. The number of carbonyl (C=O) groups excluding carboxylic acids is 1. The molecule has 1 aromatic carbocycles. The minimum Gasteiger partial charge on any atom is -0.459 e. The van der Waals surface area contributed by atoms with Crippen molar-refractivity contribution >= 4 is 33.7 Å². The summed E-state index contributed by atoms with van der Waals surface area (Å²) in [7, 11) is 0. The summed E-state index contributed by atoms with van der Waals surface area (Å²) >= 11 is 1.30. The maximum atomic E-state index is 13.6. The maximum absolute atomic E-state index is 13.6. The van der Waals surface area contributed by atoms with Gasteiger partial charge < -0.3 is 4.42 Å². The molecule has 94 valence electrons. The summed E-state index contributed by atoms with van der Waals surface area (Å²) in [4.78, 5) is 13.6. The third-order valence-corrected chi connectivity index (χ3v) is 4.22. The number of benzene rings is 1. The molecule has 1 aromatic heterocycles. The van der Waals surface area contributed by atoms with E-state index >= 15 is 0 Å². The summed E-state index contributed by atoms with van der Waals surface area (Å²) in [6.07, 6.45) is 2.35. The second kappa shape index (κ2) is 4.31. The molecule has 0 N–H and O–H groups in total. The molecule has 1 aliphatic rings. The van der Waals surface area contributed by atoms with Crippen LogP contribution >= 0.6 is 11.8 Å². The second-order valence-electron chi connectivity index (χ2n) is 4.25. The first kappa shape index (κ1) is 11.6. The fourth-order valence-corrected chi connectivity index (χ4v) is 3.36. The fourth-order valence-electron chi connectivity index (χ4n) is 2.25. The highest BCUT2D eigenvalue weighted by molar-refractivity contribution is 8.14. The van der Waals surface area contributed by atoms with Crippen molar-refractivity contribution in [3.8, 4) is 0 Å². The van der Waals surface area contributed by atoms with E-state index < -0.39 is 5.82 Å². The molecule has 1 amide bonds. The van der Waals surface area contributed by atoms with Crippen LogP contribution in [-0.4, -0.2) is 17.0 Å². The molecule has 0 unspecified atom stereocenters. The fraction of sp³-hybridized carbons (Fsp3) is 0.308. The van der Waals surface area contributed by atoms with Crippen LogP contribution in [0.4, 0.5) is 14.9 Å². The molecular formula is C13H12FNO2S. The van der Waals surface area contributed by atoms with Crippen molar-refractivity contribution in [2.24, 2.45) is 0 Å². The maximum Gasteiger partial charge on any atom is 0.286 e. The van der Waals surface area contributed by atoms with E-state index in [0.717, 1.165) is 12.2 Å². The van der Waals surface area contributed by atoms with Crippen LogP contribution in [0.1, 0.15) is 13.3 Å². The van der Waals surface area contributed by atoms with E-state index in [2.05, 4.69) is 0 Å². The smallest absolute Gasteiger partial charge is 0.286 e. The minimum absolute atomic E-state index is 0.00816. The van der Waals surface area contributed by atoms with E-state index in [1.807, 2.05) is 6.92 Å². The van der Waals surface area contributed by atoms with Crippen molar-refractivity contribution in [3.63, 3.8) is 0 Å². The molecule has 1 saturated heterocycles. The van der Waals surface area contributed by atoms with Crippen LogP contribution < -0.4 is 4.90 Å². The van der Waals surface area contributed by atoms with Gasteiger partial charge in [0.2, 0.25) is 0 Å². The standard InChI is InChI=1S/C13H12FNO2S/c1-2-8-7-18-13(16)15(8)11-6-17-12-9(11)4-3-5-10(12)14/h3-6,8H,2,7H2,1H3/t8-/m1/s1. The molecule has 5 heteroatoms. The van der Waals surface area contributed by atoms with Crippen molar-refractivity contribution in [1.82, 2.24) is 0 Å². The van der Waals surface area contributed by atoms with E-state index in [1.165, 1.54) is 24.1 Å². The van der Waals surface area contributed by atoms with Crippen LogP contribution in [0.5, 0.6) is 0 Å². The van der Waals surface area contributed by atoms with Gasteiger partial charge in [-0.25, -0.2) is 4.39 Å². The Bertz CT molecular complexity index is 610. The molecule has 1 aliphatic heterocycles. The number of nitrogens with zero attached hydrogens (tertiary/aromatic N) is 1. The van der Waals surface area contributed by atoms with Gasteiger partial charge in [0.25, 0.3) is 5.24 Å². The summed E-state index contributed by atoms with van der Waals surface area (Å²) in [6, 6.07) is 4.92. The third kappa shape index (κ3) is 1.61. The van der Waals surface area contributed by atoms with Crippen LogP contribution in [-0.2, 0) is 0 Å². The molecule has 0 radical (unpaired) electrons. The van der Waals surface area contributed by atoms with Gasteiger partial charge in [0.1, 0.15) is 6.26 Å². The van der Waals surface area contributed by atoms with Crippen LogP contribution in [0.25, 0.3) is 11.0 Å². The molecule has 2 aromatic rings. The van der Waals surface area contributed by atoms with E-state index in [-0.39, 0.29) is 16.9 Å². The number of rotatable bonds is 2. The number of fused-ring (bicyclic) bond motifs is 1. The quantitative estimate of drug-likeness (QED) is 0.822. The average molecular weight is 265 g/mol. The lowest BCUT2D eigenvalue weighted by Crippen LogP contribution is -2.32. The van der Waals surface area contributed by atoms with Crippen molar-refractivity contribution in [3.05, 3.63) is 30.3 Å². The van der Waals surface area contributed by atoms with Crippen LogP contribution in [0.3, 0.4) is 0 Å². The third-order valence-electron chi connectivity index (χ3n) is 3.22. The van der Waals surface area contributed by atoms with Crippen LogP contribution in [0.2, 0.25) is 0 Å². The Hall–Kier alpha value is -1.49. The van der Waals surface area contributed by atoms with Gasteiger partial charge in [-0.15, -0.1) is 0 Å². The van der Waals surface area contributed by atoms with Gasteiger partial charge in [-0.05, 0) is 18.6 Å². The number of amides is 1. The highest BCUT2D eigenvalue weighted by atomic mass is 32.2. The lowest BCUT2D eigenvalue weighted by Gasteiger charge is -2.21. The lowest BCUT2D eigenvalue weighted by atomic mass is 10.2. The number of para-hydroxylation sites is 1. The zero-order valence-electron chi connectivity index (χ0n) is 9.85. The van der Waals surface area contributed by atoms with Gasteiger partial charge in [-0.1, -0.05) is 24.8 Å². The predicted molar refractivity (Wildman–Crippen MR) is 70.6 cm³/mol. The number of halogens is 1. The van der Waals surface area contributed by atoms with Crippen LogP contribution in [0, 0.1) is 5.82 Å². The zero-order valence-corrected chi connectivity index (χ0v) is 10.7. The number of thioether (sulfide) groups is 1. The van der Waals surface area contributed by atoms with Gasteiger partial charge in [0.15, 0.2) is 11.4 Å². The SMILES string of the molecule is CC[C@@H]1CSC(=O)N1c1coc2c(F)cccc12. The molecule has 0 saturated carbocycles. The van der Waals surface area contributed by atoms with Crippen molar-refractivity contribution < 1.29 is 13.6 Å². The molecule has 3 rings (SSSR count). The largest absolute Gasteiger partial charge is 0.459 e. The Morgan fingerprint density at radius 3 is 3.17 bits per heavy atom. The first-order valence-electron chi connectivity index (χ1n) is 5.84. The zero-order chi connectivity index (χ0) is 12.7. The Balaban J connectivity index is 2.14. The van der Waals surface area contributed by atoms with Crippen molar-refractivity contribution in [2.75, 3.05) is 10.7 Å². The molecule has 0 spiro atoms. The summed E-state index contributed by atoms with van der Waals surface area (Å²) in [5.74, 6) is 0.378. The van der Waals surface area contributed by atoms with E-state index in [0.29, 0.717) is 11.1 Å². The molecule has 1 fully saturated rings. The van der Waals surface area contributed by atoms with Crippen molar-refractivity contribution in [2.45, 2.75) is 19.4 Å². The Morgan fingerprint density at radius 1 is 1.56 bits per heavy atom. The van der Waals surface area contributed by atoms with Crippen molar-refractivity contribution in [1.29, 1.82) is 0 Å².